The Morgan fingerprint density at radius 1 is 1.23 bits per heavy atom. The van der Waals surface area contributed by atoms with E-state index in [1.807, 2.05) is 12.1 Å². The Morgan fingerprint density at radius 2 is 1.95 bits per heavy atom. The second-order valence-corrected chi connectivity index (χ2v) is 5.92. The van der Waals surface area contributed by atoms with Crippen LogP contribution < -0.4 is 4.74 Å². The highest BCUT2D eigenvalue weighted by Gasteiger charge is 2.28. The van der Waals surface area contributed by atoms with Crippen molar-refractivity contribution in [2.75, 3.05) is 26.7 Å². The Morgan fingerprint density at radius 3 is 2.55 bits per heavy atom. The Balaban J connectivity index is 1.48. The molecule has 2 aromatic rings. The highest BCUT2D eigenvalue weighted by atomic mass is 16.5. The summed E-state index contributed by atoms with van der Waals surface area (Å²) in [5, 5.41) is 4.57. The third kappa shape index (κ3) is 3.22. The topological polar surface area (TPSA) is 30.3 Å². The first-order valence-corrected chi connectivity index (χ1v) is 7.71. The molecule has 1 saturated heterocycles. The summed E-state index contributed by atoms with van der Waals surface area (Å²) in [6.45, 7) is 7.33. The minimum atomic E-state index is 0.531. The number of rotatable bonds is 5. The summed E-state index contributed by atoms with van der Waals surface area (Å²) in [5.74, 6) is 0.896. The molecule has 0 bridgehead atoms. The molecule has 1 aromatic heterocycles. The van der Waals surface area contributed by atoms with Crippen molar-refractivity contribution in [1.82, 2.24) is 14.7 Å². The molecule has 0 unspecified atom stereocenters. The monoisotopic (exact) mass is 297 g/mol. The maximum Gasteiger partial charge on any atom is 0.118 e. The zero-order valence-corrected chi connectivity index (χ0v) is 13.5. The Bertz CT molecular complexity index is 651. The average molecular weight is 297 g/mol. The van der Waals surface area contributed by atoms with Crippen molar-refractivity contribution in [2.45, 2.75) is 19.9 Å². The molecule has 22 heavy (non-hydrogen) atoms. The van der Waals surface area contributed by atoms with Crippen LogP contribution in [0.2, 0.25) is 0 Å². The molecule has 0 spiro atoms. The summed E-state index contributed by atoms with van der Waals surface area (Å²) in [6, 6.07) is 10.8. The van der Waals surface area contributed by atoms with E-state index in [9.17, 15) is 0 Å². The first-order chi connectivity index (χ1) is 10.7. The molecule has 1 aliphatic rings. The third-order valence-electron chi connectivity index (χ3n) is 4.12. The van der Waals surface area contributed by atoms with Gasteiger partial charge in [-0.3, -0.25) is 9.58 Å². The van der Waals surface area contributed by atoms with Crippen LogP contribution in [-0.4, -0.2) is 41.4 Å². The van der Waals surface area contributed by atoms with Gasteiger partial charge in [-0.15, -0.1) is 0 Å². The van der Waals surface area contributed by atoms with E-state index in [1.54, 1.807) is 7.11 Å². The van der Waals surface area contributed by atoms with Gasteiger partial charge in [-0.25, -0.2) is 0 Å². The SMILES string of the molecule is COc1ccc(/C=C/CN2CC(n3nc(C)cc3C)C2)cc1. The molecule has 0 N–H and O–H groups in total. The van der Waals surface area contributed by atoms with Crippen molar-refractivity contribution in [1.29, 1.82) is 0 Å². The lowest BCUT2D eigenvalue weighted by Gasteiger charge is -2.39. The van der Waals surface area contributed by atoms with Gasteiger partial charge >= 0.3 is 0 Å². The molecule has 1 aliphatic heterocycles. The minimum Gasteiger partial charge on any atom is -0.497 e. The molecule has 4 heteroatoms. The van der Waals surface area contributed by atoms with Gasteiger partial charge in [0.25, 0.3) is 0 Å². The Kier molecular flexibility index (Phi) is 4.29. The summed E-state index contributed by atoms with van der Waals surface area (Å²) in [4.78, 5) is 2.43. The van der Waals surface area contributed by atoms with Gasteiger partial charge in [0.2, 0.25) is 0 Å². The van der Waals surface area contributed by atoms with Crippen molar-refractivity contribution in [3.63, 3.8) is 0 Å². The normalized spacial score (nSPS) is 16.1. The van der Waals surface area contributed by atoms with Gasteiger partial charge in [0.05, 0.1) is 18.8 Å². The van der Waals surface area contributed by atoms with E-state index in [-0.39, 0.29) is 0 Å². The van der Waals surface area contributed by atoms with Gasteiger partial charge in [-0.1, -0.05) is 24.3 Å². The molecule has 3 rings (SSSR count). The van der Waals surface area contributed by atoms with Crippen LogP contribution >= 0.6 is 0 Å². The lowest BCUT2D eigenvalue weighted by Crippen LogP contribution is -2.48. The van der Waals surface area contributed by atoms with Gasteiger partial charge < -0.3 is 4.74 Å². The number of benzene rings is 1. The number of hydrogen-bond acceptors (Lipinski definition) is 3. The van der Waals surface area contributed by atoms with E-state index >= 15 is 0 Å². The lowest BCUT2D eigenvalue weighted by atomic mass is 10.1. The summed E-state index contributed by atoms with van der Waals surface area (Å²) < 4.78 is 7.33. The van der Waals surface area contributed by atoms with Crippen LogP contribution in [0.4, 0.5) is 0 Å². The largest absolute Gasteiger partial charge is 0.497 e. The van der Waals surface area contributed by atoms with Crippen molar-refractivity contribution in [2.24, 2.45) is 0 Å². The van der Waals surface area contributed by atoms with Crippen LogP contribution in [0.1, 0.15) is 23.0 Å². The molecule has 0 amide bonds. The number of aromatic nitrogens is 2. The molecule has 1 aromatic carbocycles. The standard InChI is InChI=1S/C18H23N3O/c1-14-11-15(2)21(19-14)17-12-20(13-17)10-4-5-16-6-8-18(22-3)9-7-16/h4-9,11,17H,10,12-13H2,1-3H3/b5-4+. The van der Waals surface area contributed by atoms with Gasteiger partial charge in [-0.05, 0) is 37.6 Å². The Hall–Kier alpha value is -2.07. The zero-order valence-electron chi connectivity index (χ0n) is 13.5. The van der Waals surface area contributed by atoms with Crippen LogP contribution in [0.15, 0.2) is 36.4 Å². The Labute approximate surface area is 132 Å². The van der Waals surface area contributed by atoms with Gasteiger partial charge in [0.1, 0.15) is 5.75 Å². The van der Waals surface area contributed by atoms with Crippen LogP contribution in [0.5, 0.6) is 5.75 Å². The predicted molar refractivity (Wildman–Crippen MR) is 89.2 cm³/mol. The smallest absolute Gasteiger partial charge is 0.118 e. The van der Waals surface area contributed by atoms with Crippen LogP contribution in [0, 0.1) is 13.8 Å². The minimum absolute atomic E-state index is 0.531. The fourth-order valence-corrected chi connectivity index (χ4v) is 2.91. The number of likely N-dealkylation sites (tertiary alicyclic amines) is 1. The van der Waals surface area contributed by atoms with Crippen LogP contribution in [0.3, 0.4) is 0 Å². The first-order valence-electron chi connectivity index (χ1n) is 7.71. The maximum absolute atomic E-state index is 5.16. The summed E-state index contributed by atoms with van der Waals surface area (Å²) in [6.07, 6.45) is 4.38. The number of ether oxygens (including phenoxy) is 1. The highest BCUT2D eigenvalue weighted by molar-refractivity contribution is 5.50. The summed E-state index contributed by atoms with van der Waals surface area (Å²) >= 11 is 0. The van der Waals surface area contributed by atoms with Crippen molar-refractivity contribution < 1.29 is 4.74 Å². The molecule has 0 saturated carbocycles. The van der Waals surface area contributed by atoms with Gasteiger partial charge in [-0.2, -0.15) is 5.10 Å². The predicted octanol–water partition coefficient (Wildman–Crippen LogP) is 3.08. The van der Waals surface area contributed by atoms with E-state index in [1.165, 1.54) is 11.3 Å². The highest BCUT2D eigenvalue weighted by Crippen LogP contribution is 2.22. The molecular weight excluding hydrogens is 274 g/mol. The second-order valence-electron chi connectivity index (χ2n) is 5.92. The van der Waals surface area contributed by atoms with E-state index in [0.29, 0.717) is 6.04 Å². The van der Waals surface area contributed by atoms with Gasteiger partial charge in [0.15, 0.2) is 0 Å². The fourth-order valence-electron chi connectivity index (χ4n) is 2.91. The summed E-state index contributed by atoms with van der Waals surface area (Å²) in [5.41, 5.74) is 3.57. The number of aryl methyl sites for hydroxylation is 2. The van der Waals surface area contributed by atoms with E-state index < -0.39 is 0 Å². The van der Waals surface area contributed by atoms with Crippen LogP contribution in [0.25, 0.3) is 6.08 Å². The van der Waals surface area contributed by atoms with Crippen molar-refractivity contribution >= 4 is 6.08 Å². The third-order valence-corrected chi connectivity index (χ3v) is 4.12. The second kappa shape index (κ2) is 6.36. The molecule has 1 fully saturated rings. The number of methoxy groups -OCH3 is 1. The molecule has 0 atom stereocenters. The fraction of sp³-hybridized carbons (Fsp3) is 0.389. The maximum atomic E-state index is 5.16. The van der Waals surface area contributed by atoms with Gasteiger partial charge in [0, 0.05) is 25.3 Å². The van der Waals surface area contributed by atoms with E-state index in [2.05, 4.69) is 58.9 Å². The first kappa shape index (κ1) is 14.9. The molecular formula is C18H23N3O. The number of nitrogens with zero attached hydrogens (tertiary/aromatic N) is 3. The average Bonchev–Trinajstić information content (AvgIpc) is 2.80. The van der Waals surface area contributed by atoms with E-state index in [4.69, 9.17) is 4.74 Å². The molecule has 2 heterocycles. The number of hydrogen-bond donors (Lipinski definition) is 0. The quantitative estimate of drug-likeness (QED) is 0.849. The van der Waals surface area contributed by atoms with E-state index in [0.717, 1.165) is 31.1 Å². The van der Waals surface area contributed by atoms with Crippen molar-refractivity contribution in [3.05, 3.63) is 53.4 Å². The molecule has 116 valence electrons. The summed E-state index contributed by atoms with van der Waals surface area (Å²) in [7, 11) is 1.69. The van der Waals surface area contributed by atoms with Crippen molar-refractivity contribution in [3.8, 4) is 5.75 Å². The van der Waals surface area contributed by atoms with Crippen LogP contribution in [-0.2, 0) is 0 Å². The molecule has 0 aliphatic carbocycles. The molecule has 0 radical (unpaired) electrons. The lowest BCUT2D eigenvalue weighted by molar-refractivity contribution is 0.111. The molecule has 4 nitrogen and oxygen atoms in total. The zero-order chi connectivity index (χ0) is 15.5.